The number of aryl methyl sites for hydroxylation is 1. The molecule has 0 aliphatic carbocycles. The number of halogens is 1. The van der Waals surface area contributed by atoms with Gasteiger partial charge in [0.25, 0.3) is 0 Å². The third-order valence-electron chi connectivity index (χ3n) is 4.24. The van der Waals surface area contributed by atoms with E-state index in [0.29, 0.717) is 11.1 Å². The molecule has 0 N–H and O–H groups in total. The molecule has 0 spiro atoms. The van der Waals surface area contributed by atoms with Gasteiger partial charge in [-0.2, -0.15) is 0 Å². The molecule has 0 unspecified atom stereocenters. The Balaban J connectivity index is 1.63. The van der Waals surface area contributed by atoms with Gasteiger partial charge in [0, 0.05) is 16.5 Å². The van der Waals surface area contributed by atoms with Crippen molar-refractivity contribution in [3.05, 3.63) is 77.2 Å². The number of aromatic nitrogens is 2. The lowest BCUT2D eigenvalue weighted by Gasteiger charge is -2.06. The molecule has 4 aromatic rings. The molecule has 0 amide bonds. The van der Waals surface area contributed by atoms with Crippen LogP contribution in [0, 0.1) is 12.7 Å². The first-order valence-corrected chi connectivity index (χ1v) is 10.2. The van der Waals surface area contributed by atoms with Crippen LogP contribution in [0.2, 0.25) is 0 Å². The predicted octanol–water partition coefficient (Wildman–Crippen LogP) is 5.78. The summed E-state index contributed by atoms with van der Waals surface area (Å²) in [5.41, 5.74) is 3.16. The van der Waals surface area contributed by atoms with Crippen LogP contribution in [-0.4, -0.2) is 21.5 Å². The van der Waals surface area contributed by atoms with Gasteiger partial charge in [-0.3, -0.25) is 4.79 Å². The fourth-order valence-corrected chi connectivity index (χ4v) is 4.71. The number of Topliss-reactive ketones (excluding diaryl/α,β-unsaturated/α-hetero) is 1. The first-order chi connectivity index (χ1) is 13.1. The quantitative estimate of drug-likeness (QED) is 0.244. The summed E-state index contributed by atoms with van der Waals surface area (Å²) in [5, 5.41) is 3.83. The van der Waals surface area contributed by atoms with Crippen LogP contribution in [0.5, 0.6) is 0 Å². The molecule has 0 aliphatic heterocycles. The van der Waals surface area contributed by atoms with Gasteiger partial charge in [0.15, 0.2) is 5.78 Å². The maximum atomic E-state index is 13.4. The molecule has 6 heteroatoms. The second-order valence-corrected chi connectivity index (χ2v) is 7.87. The number of fused-ring (bicyclic) bond motifs is 1. The van der Waals surface area contributed by atoms with Gasteiger partial charge < -0.3 is 0 Å². The van der Waals surface area contributed by atoms with Crippen molar-refractivity contribution in [1.29, 1.82) is 0 Å². The second kappa shape index (κ2) is 7.58. The van der Waals surface area contributed by atoms with Crippen LogP contribution in [-0.2, 0) is 0 Å². The van der Waals surface area contributed by atoms with Gasteiger partial charge >= 0.3 is 0 Å². The van der Waals surface area contributed by atoms with E-state index in [1.165, 1.54) is 30.2 Å². The number of ketones is 1. The summed E-state index contributed by atoms with van der Waals surface area (Å²) >= 11 is 2.95. The minimum Gasteiger partial charge on any atom is -0.293 e. The normalized spacial score (nSPS) is 11.0. The van der Waals surface area contributed by atoms with Crippen LogP contribution in [0.25, 0.3) is 21.3 Å². The molecular weight excluding hydrogens is 379 g/mol. The van der Waals surface area contributed by atoms with Crippen molar-refractivity contribution in [1.82, 2.24) is 9.97 Å². The molecule has 2 heterocycles. The van der Waals surface area contributed by atoms with E-state index in [1.54, 1.807) is 24.3 Å². The Morgan fingerprint density at radius 2 is 1.96 bits per heavy atom. The highest BCUT2D eigenvalue weighted by Gasteiger charge is 2.15. The number of carbonyl (C=O) groups is 1. The number of hydrogen-bond acceptors (Lipinski definition) is 5. The van der Waals surface area contributed by atoms with Gasteiger partial charge in [0.05, 0.1) is 11.1 Å². The molecule has 0 saturated heterocycles. The zero-order chi connectivity index (χ0) is 18.8. The van der Waals surface area contributed by atoms with Crippen molar-refractivity contribution < 1.29 is 9.18 Å². The summed E-state index contributed by atoms with van der Waals surface area (Å²) in [4.78, 5) is 22.2. The molecule has 0 aliphatic rings. The van der Waals surface area contributed by atoms with Crippen molar-refractivity contribution in [2.45, 2.75) is 11.9 Å². The Morgan fingerprint density at radius 1 is 1.15 bits per heavy atom. The van der Waals surface area contributed by atoms with E-state index in [-0.39, 0.29) is 17.4 Å². The van der Waals surface area contributed by atoms with Crippen LogP contribution in [0.15, 0.2) is 65.3 Å². The Morgan fingerprint density at radius 3 is 2.74 bits per heavy atom. The highest BCUT2D eigenvalue weighted by molar-refractivity contribution is 8.00. The number of thioether (sulfide) groups is 1. The summed E-state index contributed by atoms with van der Waals surface area (Å²) in [6.45, 7) is 1.66. The Bertz CT molecular complexity index is 1130. The Hall–Kier alpha value is -2.57. The van der Waals surface area contributed by atoms with Crippen molar-refractivity contribution in [2.75, 3.05) is 5.75 Å². The average Bonchev–Trinajstić information content (AvgIpc) is 3.13. The van der Waals surface area contributed by atoms with E-state index >= 15 is 0 Å². The lowest BCUT2D eigenvalue weighted by molar-refractivity contribution is 0.102. The van der Waals surface area contributed by atoms with E-state index in [0.717, 1.165) is 26.4 Å². The lowest BCUT2D eigenvalue weighted by Crippen LogP contribution is -2.03. The highest BCUT2D eigenvalue weighted by atomic mass is 32.2. The maximum absolute atomic E-state index is 13.4. The lowest BCUT2D eigenvalue weighted by atomic mass is 10.1. The van der Waals surface area contributed by atoms with E-state index in [9.17, 15) is 9.18 Å². The molecule has 27 heavy (non-hydrogen) atoms. The largest absolute Gasteiger partial charge is 0.293 e. The summed E-state index contributed by atoms with van der Waals surface area (Å²) in [6, 6.07) is 14.5. The number of nitrogens with zero attached hydrogens (tertiary/aromatic N) is 2. The van der Waals surface area contributed by atoms with Gasteiger partial charge in [0.2, 0.25) is 0 Å². The molecule has 0 radical (unpaired) electrons. The topological polar surface area (TPSA) is 42.9 Å². The molecule has 134 valence electrons. The summed E-state index contributed by atoms with van der Waals surface area (Å²) in [5.74, 6) is -0.116. The molecular formula is C21H15FN2OS2. The smallest absolute Gasteiger partial charge is 0.173 e. The van der Waals surface area contributed by atoms with Crippen LogP contribution in [0.4, 0.5) is 4.39 Å². The SMILES string of the molecule is Cc1cc(C(=O)CSc2ncnc3scc(-c4ccccc4)c23)ccc1F. The van der Waals surface area contributed by atoms with Crippen LogP contribution in [0.1, 0.15) is 15.9 Å². The Labute approximate surface area is 164 Å². The van der Waals surface area contributed by atoms with Gasteiger partial charge in [-0.15, -0.1) is 11.3 Å². The van der Waals surface area contributed by atoms with E-state index in [2.05, 4.69) is 27.5 Å². The number of carbonyl (C=O) groups excluding carboxylic acids is 1. The first kappa shape index (κ1) is 17.8. The summed E-state index contributed by atoms with van der Waals surface area (Å²) in [7, 11) is 0. The second-order valence-electron chi connectivity index (χ2n) is 6.05. The van der Waals surface area contributed by atoms with Gasteiger partial charge in [0.1, 0.15) is 22.0 Å². The van der Waals surface area contributed by atoms with Gasteiger partial charge in [-0.05, 0) is 36.2 Å². The third-order valence-corrected chi connectivity index (χ3v) is 6.12. The van der Waals surface area contributed by atoms with Crippen molar-refractivity contribution in [3.8, 4) is 11.1 Å². The molecule has 2 aromatic carbocycles. The fourth-order valence-electron chi connectivity index (χ4n) is 2.82. The first-order valence-electron chi connectivity index (χ1n) is 8.33. The number of hydrogen-bond donors (Lipinski definition) is 0. The molecule has 0 fully saturated rings. The number of benzene rings is 2. The van der Waals surface area contributed by atoms with Crippen LogP contribution >= 0.6 is 23.1 Å². The summed E-state index contributed by atoms with van der Waals surface area (Å²) < 4.78 is 13.4. The number of thiophene rings is 1. The van der Waals surface area contributed by atoms with E-state index in [4.69, 9.17) is 0 Å². The molecule has 4 rings (SSSR count). The average molecular weight is 394 g/mol. The number of rotatable bonds is 5. The predicted molar refractivity (Wildman–Crippen MR) is 109 cm³/mol. The van der Waals surface area contributed by atoms with Crippen LogP contribution in [0.3, 0.4) is 0 Å². The molecule has 0 bridgehead atoms. The third kappa shape index (κ3) is 3.63. The van der Waals surface area contributed by atoms with Gasteiger partial charge in [-0.1, -0.05) is 42.1 Å². The zero-order valence-electron chi connectivity index (χ0n) is 14.5. The standard InChI is InChI=1S/C21H15FN2OS2/c1-13-9-15(7-8-17(13)22)18(25)11-27-21-19-16(14-5-3-2-4-6-14)10-26-20(19)23-12-24-21/h2-10,12H,11H2,1H3. The molecule has 2 aromatic heterocycles. The van der Waals surface area contributed by atoms with E-state index < -0.39 is 0 Å². The molecule has 0 atom stereocenters. The van der Waals surface area contributed by atoms with E-state index in [1.807, 2.05) is 18.2 Å². The molecule has 3 nitrogen and oxygen atoms in total. The van der Waals surface area contributed by atoms with Crippen molar-refractivity contribution in [2.24, 2.45) is 0 Å². The van der Waals surface area contributed by atoms with Crippen molar-refractivity contribution in [3.63, 3.8) is 0 Å². The van der Waals surface area contributed by atoms with Crippen LogP contribution < -0.4 is 0 Å². The minimum atomic E-state index is -0.303. The fraction of sp³-hybridized carbons (Fsp3) is 0.0952. The highest BCUT2D eigenvalue weighted by Crippen LogP contribution is 2.37. The minimum absolute atomic E-state index is 0.0497. The van der Waals surface area contributed by atoms with Crippen molar-refractivity contribution >= 4 is 39.1 Å². The zero-order valence-corrected chi connectivity index (χ0v) is 16.1. The monoisotopic (exact) mass is 394 g/mol. The summed E-state index contributed by atoms with van der Waals surface area (Å²) in [6.07, 6.45) is 1.53. The Kier molecular flexibility index (Phi) is 5.01. The maximum Gasteiger partial charge on any atom is 0.173 e. The molecule has 0 saturated carbocycles. The van der Waals surface area contributed by atoms with Gasteiger partial charge in [-0.25, -0.2) is 14.4 Å².